The molecular formula is C35H50N8O3. The summed E-state index contributed by atoms with van der Waals surface area (Å²) >= 11 is 0. The molecule has 11 heteroatoms. The molecular weight excluding hydrogens is 580 g/mol. The number of nitrogens with zero attached hydrogens (tertiary/aromatic N) is 6. The van der Waals surface area contributed by atoms with E-state index in [4.69, 9.17) is 9.72 Å². The van der Waals surface area contributed by atoms with Crippen molar-refractivity contribution in [3.05, 3.63) is 30.0 Å². The molecule has 3 saturated carbocycles. The van der Waals surface area contributed by atoms with Gasteiger partial charge in [0.25, 0.3) is 5.91 Å². The van der Waals surface area contributed by atoms with Crippen molar-refractivity contribution in [3.63, 3.8) is 0 Å². The van der Waals surface area contributed by atoms with Gasteiger partial charge in [0, 0.05) is 76.4 Å². The van der Waals surface area contributed by atoms with Gasteiger partial charge in [-0.1, -0.05) is 12.8 Å². The maximum absolute atomic E-state index is 13.3. The molecule has 3 heterocycles. The Morgan fingerprint density at radius 1 is 0.957 bits per heavy atom. The first-order valence-corrected chi connectivity index (χ1v) is 17.6. The molecule has 46 heavy (non-hydrogen) atoms. The topological polar surface area (TPSA) is 106 Å². The number of anilines is 4. The van der Waals surface area contributed by atoms with Crippen LogP contribution in [0, 0.1) is 5.92 Å². The summed E-state index contributed by atoms with van der Waals surface area (Å²) in [4.78, 5) is 44.8. The van der Waals surface area contributed by atoms with E-state index in [0.29, 0.717) is 48.0 Å². The fourth-order valence-electron chi connectivity index (χ4n) is 7.96. The third-order valence-electron chi connectivity index (χ3n) is 11.0. The molecule has 1 saturated heterocycles. The highest BCUT2D eigenvalue weighted by Gasteiger charge is 2.33. The Kier molecular flexibility index (Phi) is 9.31. The van der Waals surface area contributed by atoms with Gasteiger partial charge < -0.3 is 30.1 Å². The third-order valence-corrected chi connectivity index (χ3v) is 11.0. The number of benzene rings is 1. The van der Waals surface area contributed by atoms with Crippen LogP contribution in [0.4, 0.5) is 23.1 Å². The Morgan fingerprint density at radius 2 is 1.72 bits per heavy atom. The molecule has 4 fully saturated rings. The van der Waals surface area contributed by atoms with Gasteiger partial charge in [0.2, 0.25) is 11.9 Å². The molecule has 2 amide bonds. The fourth-order valence-corrected chi connectivity index (χ4v) is 7.96. The smallest absolute Gasteiger partial charge is 0.251 e. The lowest BCUT2D eigenvalue weighted by atomic mass is 9.89. The summed E-state index contributed by atoms with van der Waals surface area (Å²) in [6.07, 6.45) is 14.0. The van der Waals surface area contributed by atoms with Crippen molar-refractivity contribution in [1.29, 1.82) is 0 Å². The molecule has 3 aliphatic carbocycles. The summed E-state index contributed by atoms with van der Waals surface area (Å²) in [5.74, 6) is 2.75. The predicted molar refractivity (Wildman–Crippen MR) is 180 cm³/mol. The van der Waals surface area contributed by atoms with E-state index in [1.165, 1.54) is 58.4 Å². The minimum Gasteiger partial charge on any atom is -0.495 e. The van der Waals surface area contributed by atoms with Crippen molar-refractivity contribution in [3.8, 4) is 5.75 Å². The van der Waals surface area contributed by atoms with Crippen LogP contribution in [0.5, 0.6) is 5.75 Å². The summed E-state index contributed by atoms with van der Waals surface area (Å²) in [6.45, 7) is 6.73. The van der Waals surface area contributed by atoms with E-state index in [0.717, 1.165) is 55.9 Å². The Hall–Kier alpha value is -3.44. The van der Waals surface area contributed by atoms with Crippen LogP contribution in [0.25, 0.3) is 0 Å². The van der Waals surface area contributed by atoms with Gasteiger partial charge in [0.05, 0.1) is 19.0 Å². The zero-order valence-corrected chi connectivity index (χ0v) is 27.5. The zero-order valence-electron chi connectivity index (χ0n) is 27.5. The molecule has 5 aliphatic rings. The first-order chi connectivity index (χ1) is 22.4. The summed E-state index contributed by atoms with van der Waals surface area (Å²) in [7, 11) is 3.40. The second-order valence-electron chi connectivity index (χ2n) is 14.0. The second-order valence-corrected chi connectivity index (χ2v) is 14.0. The molecule has 11 nitrogen and oxygen atoms in total. The number of piperazine rings is 1. The summed E-state index contributed by atoms with van der Waals surface area (Å²) in [5.41, 5.74) is 1.99. The molecule has 0 atom stereocenters. The molecule has 1 aromatic carbocycles. The normalized spacial score (nSPS) is 24.9. The first-order valence-electron chi connectivity index (χ1n) is 17.6. The van der Waals surface area contributed by atoms with Gasteiger partial charge in [-0.25, -0.2) is 4.98 Å². The lowest BCUT2D eigenvalue weighted by molar-refractivity contribution is -0.118. The number of carbonyl (C=O) groups is 2. The monoisotopic (exact) mass is 630 g/mol. The van der Waals surface area contributed by atoms with Crippen LogP contribution in [0.3, 0.4) is 0 Å². The molecule has 0 bridgehead atoms. The standard InChI is InChI=1S/C35H50N8O3/c1-40-30-22-36-35(39-33(30)43(16-15-32(40)44)28-5-3-4-6-28)38-29-14-9-25(21-31(29)46-2)34(45)37-26-10-12-27(13-11-26)42-19-17-41(18-20-42)23-24-7-8-24/h9,14,21-22,24,26-28H,3-8,10-13,15-20,23H2,1-2H3,(H,37,45)(H,36,38,39). The van der Waals surface area contributed by atoms with Gasteiger partial charge in [-0.2, -0.15) is 4.98 Å². The Labute approximate surface area is 273 Å². The van der Waals surface area contributed by atoms with Gasteiger partial charge in [-0.15, -0.1) is 0 Å². The van der Waals surface area contributed by atoms with E-state index in [-0.39, 0.29) is 17.9 Å². The van der Waals surface area contributed by atoms with E-state index in [9.17, 15) is 9.59 Å². The maximum Gasteiger partial charge on any atom is 0.251 e. The number of hydrogen-bond acceptors (Lipinski definition) is 9. The summed E-state index contributed by atoms with van der Waals surface area (Å²) in [5, 5.41) is 6.60. The average molecular weight is 631 g/mol. The number of rotatable bonds is 9. The Bertz CT molecular complexity index is 1390. The summed E-state index contributed by atoms with van der Waals surface area (Å²) in [6, 6.07) is 6.69. The zero-order chi connectivity index (χ0) is 31.6. The van der Waals surface area contributed by atoms with Gasteiger partial charge in [0.15, 0.2) is 5.82 Å². The molecule has 1 aromatic heterocycles. The largest absolute Gasteiger partial charge is 0.495 e. The second kappa shape index (κ2) is 13.7. The molecule has 2 aromatic rings. The van der Waals surface area contributed by atoms with Gasteiger partial charge in [-0.3, -0.25) is 14.5 Å². The van der Waals surface area contributed by atoms with Crippen LogP contribution in [0.15, 0.2) is 24.4 Å². The first kappa shape index (κ1) is 31.2. The fraction of sp³-hybridized carbons (Fsp3) is 0.657. The van der Waals surface area contributed by atoms with Crippen LogP contribution in [0.1, 0.15) is 81.0 Å². The molecule has 2 aliphatic heterocycles. The van der Waals surface area contributed by atoms with Crippen LogP contribution in [-0.4, -0.2) is 103 Å². The highest BCUT2D eigenvalue weighted by atomic mass is 16.5. The van der Waals surface area contributed by atoms with Crippen LogP contribution >= 0.6 is 0 Å². The highest BCUT2D eigenvalue weighted by Crippen LogP contribution is 2.37. The van der Waals surface area contributed by atoms with Gasteiger partial charge >= 0.3 is 0 Å². The number of hydrogen-bond donors (Lipinski definition) is 2. The molecule has 2 N–H and O–H groups in total. The number of fused-ring (bicyclic) bond motifs is 1. The SMILES string of the molecule is COc1cc(C(=O)NC2CCC(N3CCN(CC4CC4)CC3)CC2)ccc1Nc1ncc2c(n1)N(C1CCCC1)CCC(=O)N2C. The number of ether oxygens (including phenoxy) is 1. The quantitative estimate of drug-likeness (QED) is 0.417. The average Bonchev–Trinajstić information content (AvgIpc) is 3.76. The van der Waals surface area contributed by atoms with Crippen molar-refractivity contribution < 1.29 is 14.3 Å². The highest BCUT2D eigenvalue weighted by molar-refractivity contribution is 5.97. The van der Waals surface area contributed by atoms with Crippen molar-refractivity contribution in [2.75, 3.05) is 68.5 Å². The molecule has 248 valence electrons. The Morgan fingerprint density at radius 3 is 2.43 bits per heavy atom. The minimum atomic E-state index is -0.0665. The van der Waals surface area contributed by atoms with E-state index in [1.807, 2.05) is 12.1 Å². The summed E-state index contributed by atoms with van der Waals surface area (Å²) < 4.78 is 5.71. The number of nitrogens with one attached hydrogen (secondary N) is 2. The van der Waals surface area contributed by atoms with E-state index in [1.54, 1.807) is 31.3 Å². The third kappa shape index (κ3) is 6.95. The predicted octanol–water partition coefficient (Wildman–Crippen LogP) is 4.41. The van der Waals surface area contributed by atoms with Crippen LogP contribution in [0.2, 0.25) is 0 Å². The van der Waals surface area contributed by atoms with Crippen LogP contribution < -0.4 is 25.2 Å². The number of aromatic nitrogens is 2. The van der Waals surface area contributed by atoms with E-state index in [2.05, 4.69) is 30.3 Å². The molecule has 7 rings (SSSR count). The molecule has 0 spiro atoms. The minimum absolute atomic E-state index is 0.0665. The van der Waals surface area contributed by atoms with Crippen molar-refractivity contribution in [2.45, 2.75) is 88.8 Å². The van der Waals surface area contributed by atoms with Gasteiger partial charge in [-0.05, 0) is 75.5 Å². The number of methoxy groups -OCH3 is 1. The van der Waals surface area contributed by atoms with E-state index >= 15 is 0 Å². The van der Waals surface area contributed by atoms with Crippen molar-refractivity contribution in [2.24, 2.45) is 5.92 Å². The lowest BCUT2D eigenvalue weighted by Gasteiger charge is -2.42. The maximum atomic E-state index is 13.3. The van der Waals surface area contributed by atoms with Crippen molar-refractivity contribution >= 4 is 35.0 Å². The lowest BCUT2D eigenvalue weighted by Crippen LogP contribution is -2.52. The van der Waals surface area contributed by atoms with Crippen molar-refractivity contribution in [1.82, 2.24) is 25.1 Å². The molecule has 0 radical (unpaired) electrons. The molecule has 0 unspecified atom stereocenters. The number of amides is 2. The van der Waals surface area contributed by atoms with E-state index < -0.39 is 0 Å². The van der Waals surface area contributed by atoms with Gasteiger partial charge in [0.1, 0.15) is 11.4 Å². The number of carbonyl (C=O) groups excluding carboxylic acids is 2. The Balaban J connectivity index is 0.962. The van der Waals surface area contributed by atoms with Crippen LogP contribution in [-0.2, 0) is 4.79 Å².